The molecule has 0 saturated heterocycles. The van der Waals surface area contributed by atoms with E-state index in [4.69, 9.17) is 0 Å². The number of nitrogens with zero attached hydrogens (tertiary/aromatic N) is 3. The highest BCUT2D eigenvalue weighted by atomic mass is 32.1. The number of fused-ring (bicyclic) bond motifs is 1. The second-order valence-corrected chi connectivity index (χ2v) is 5.74. The van der Waals surface area contributed by atoms with Gasteiger partial charge in [0.05, 0.1) is 4.88 Å². The smallest absolute Gasteiger partial charge is 0.178 e. The van der Waals surface area contributed by atoms with Crippen LogP contribution in [-0.2, 0) is 0 Å². The van der Waals surface area contributed by atoms with Gasteiger partial charge in [-0.05, 0) is 35.7 Å². The van der Waals surface area contributed by atoms with E-state index in [0.29, 0.717) is 0 Å². The number of halogens is 1. The molecule has 0 radical (unpaired) electrons. The van der Waals surface area contributed by atoms with Crippen LogP contribution in [0.5, 0.6) is 0 Å². The third-order valence-electron chi connectivity index (χ3n) is 3.28. The van der Waals surface area contributed by atoms with Gasteiger partial charge in [0, 0.05) is 10.4 Å². The van der Waals surface area contributed by atoms with Crippen LogP contribution < -0.4 is 0 Å². The van der Waals surface area contributed by atoms with Gasteiger partial charge in [0.25, 0.3) is 0 Å². The van der Waals surface area contributed by atoms with Crippen molar-refractivity contribution in [1.29, 1.82) is 0 Å². The summed E-state index contributed by atoms with van der Waals surface area (Å²) < 4.78 is 16.1. The Bertz CT molecular complexity index is 912. The predicted octanol–water partition coefficient (Wildman–Crippen LogP) is 4.29. The van der Waals surface area contributed by atoms with Crippen molar-refractivity contribution in [3.63, 3.8) is 0 Å². The topological polar surface area (TPSA) is 30.7 Å². The first-order valence-corrected chi connectivity index (χ1v) is 7.28. The lowest BCUT2D eigenvalue weighted by Crippen LogP contribution is -1.94. The number of para-hydroxylation sites is 1. The van der Waals surface area contributed by atoms with Gasteiger partial charge in [0.2, 0.25) is 0 Å². The Hall–Kier alpha value is -2.53. The van der Waals surface area contributed by atoms with Gasteiger partial charge in [0.15, 0.2) is 5.82 Å². The van der Waals surface area contributed by atoms with E-state index in [-0.39, 0.29) is 5.82 Å². The van der Waals surface area contributed by atoms with E-state index in [9.17, 15) is 4.39 Å². The van der Waals surface area contributed by atoms with Crippen molar-refractivity contribution in [2.45, 2.75) is 0 Å². The summed E-state index contributed by atoms with van der Waals surface area (Å²) in [6.45, 7) is 0. The minimum absolute atomic E-state index is 0.222. The van der Waals surface area contributed by atoms with Crippen molar-refractivity contribution in [2.75, 3.05) is 0 Å². The highest BCUT2D eigenvalue weighted by molar-refractivity contribution is 7.22. The average Bonchev–Trinajstić information content (AvgIpc) is 3.13. The quantitative estimate of drug-likeness (QED) is 0.552. The van der Waals surface area contributed by atoms with Crippen molar-refractivity contribution in [3.05, 3.63) is 66.7 Å². The van der Waals surface area contributed by atoms with Crippen LogP contribution in [0.4, 0.5) is 4.39 Å². The molecule has 4 rings (SSSR count). The molecule has 2 heterocycles. The number of rotatable bonds is 2. The fourth-order valence-corrected chi connectivity index (χ4v) is 3.37. The van der Waals surface area contributed by atoms with E-state index in [1.165, 1.54) is 17.4 Å². The van der Waals surface area contributed by atoms with Crippen LogP contribution in [0.15, 0.2) is 60.9 Å². The van der Waals surface area contributed by atoms with Crippen LogP contribution in [0, 0.1) is 5.82 Å². The maximum absolute atomic E-state index is 13.3. The molecule has 0 amide bonds. The van der Waals surface area contributed by atoms with E-state index >= 15 is 0 Å². The molecule has 5 heteroatoms. The predicted molar refractivity (Wildman–Crippen MR) is 82.1 cm³/mol. The summed E-state index contributed by atoms with van der Waals surface area (Å²) in [5.74, 6) is 0.545. The number of thiophene rings is 1. The van der Waals surface area contributed by atoms with E-state index in [0.717, 1.165) is 26.5 Å². The van der Waals surface area contributed by atoms with E-state index in [1.807, 2.05) is 41.0 Å². The largest absolute Gasteiger partial charge is 0.281 e. The highest BCUT2D eigenvalue weighted by Gasteiger charge is 2.12. The zero-order chi connectivity index (χ0) is 14.2. The van der Waals surface area contributed by atoms with E-state index in [1.54, 1.807) is 18.5 Å². The Morgan fingerprint density at radius 1 is 1.00 bits per heavy atom. The molecule has 0 saturated carbocycles. The zero-order valence-electron chi connectivity index (χ0n) is 10.9. The Kier molecular flexibility index (Phi) is 2.79. The maximum Gasteiger partial charge on any atom is 0.178 e. The molecule has 0 spiro atoms. The molecule has 0 aliphatic carbocycles. The van der Waals surface area contributed by atoms with Crippen LogP contribution in [0.25, 0.3) is 26.5 Å². The third-order valence-corrected chi connectivity index (χ3v) is 4.38. The first kappa shape index (κ1) is 12.2. The van der Waals surface area contributed by atoms with Gasteiger partial charge in [-0.25, -0.2) is 4.39 Å². The minimum Gasteiger partial charge on any atom is -0.281 e. The summed E-state index contributed by atoms with van der Waals surface area (Å²) in [5, 5.41) is 9.23. The highest BCUT2D eigenvalue weighted by Crippen LogP contribution is 2.33. The molecule has 0 atom stereocenters. The standard InChI is InChI=1S/C16H10FN3S/c17-12-7-6-11-8-15(21-14(11)9-12)16-19-18-10-20(16)13-4-2-1-3-5-13/h1-10H. The van der Waals surface area contributed by atoms with Gasteiger partial charge >= 0.3 is 0 Å². The molecular weight excluding hydrogens is 285 g/mol. The van der Waals surface area contributed by atoms with Gasteiger partial charge in [-0.15, -0.1) is 21.5 Å². The number of benzene rings is 2. The lowest BCUT2D eigenvalue weighted by atomic mass is 10.2. The Balaban J connectivity index is 1.88. The second-order valence-electron chi connectivity index (χ2n) is 4.65. The van der Waals surface area contributed by atoms with Gasteiger partial charge in [0.1, 0.15) is 12.1 Å². The molecule has 0 aliphatic heterocycles. The van der Waals surface area contributed by atoms with Crippen LogP contribution in [0.2, 0.25) is 0 Å². The van der Waals surface area contributed by atoms with Crippen LogP contribution in [-0.4, -0.2) is 14.8 Å². The van der Waals surface area contributed by atoms with Crippen LogP contribution in [0.3, 0.4) is 0 Å². The third kappa shape index (κ3) is 2.11. The van der Waals surface area contributed by atoms with E-state index in [2.05, 4.69) is 10.2 Å². The summed E-state index contributed by atoms with van der Waals surface area (Å²) in [5.41, 5.74) is 1.00. The van der Waals surface area contributed by atoms with Gasteiger partial charge in [-0.2, -0.15) is 0 Å². The van der Waals surface area contributed by atoms with Crippen molar-refractivity contribution in [2.24, 2.45) is 0 Å². The molecule has 4 aromatic rings. The number of hydrogen-bond acceptors (Lipinski definition) is 3. The minimum atomic E-state index is -0.222. The second kappa shape index (κ2) is 4.79. The zero-order valence-corrected chi connectivity index (χ0v) is 11.7. The first-order valence-electron chi connectivity index (χ1n) is 6.46. The number of aromatic nitrogens is 3. The maximum atomic E-state index is 13.3. The molecule has 2 aromatic carbocycles. The summed E-state index contributed by atoms with van der Waals surface area (Å²) in [6, 6.07) is 16.7. The lowest BCUT2D eigenvalue weighted by Gasteiger charge is -2.04. The summed E-state index contributed by atoms with van der Waals surface area (Å²) in [4.78, 5) is 0.969. The number of hydrogen-bond donors (Lipinski definition) is 0. The molecule has 0 aliphatic rings. The van der Waals surface area contributed by atoms with Gasteiger partial charge in [-0.3, -0.25) is 4.57 Å². The van der Waals surface area contributed by atoms with Crippen LogP contribution in [0.1, 0.15) is 0 Å². The monoisotopic (exact) mass is 295 g/mol. The molecule has 102 valence electrons. The molecule has 2 aromatic heterocycles. The SMILES string of the molecule is Fc1ccc2cc(-c3nncn3-c3ccccc3)sc2c1. The summed E-state index contributed by atoms with van der Waals surface area (Å²) in [6.07, 6.45) is 1.69. The van der Waals surface area contributed by atoms with E-state index < -0.39 is 0 Å². The molecule has 0 unspecified atom stereocenters. The molecule has 0 fully saturated rings. The Morgan fingerprint density at radius 2 is 1.86 bits per heavy atom. The van der Waals surface area contributed by atoms with Crippen LogP contribution >= 0.6 is 11.3 Å². The molecule has 0 bridgehead atoms. The van der Waals surface area contributed by atoms with Crippen molar-refractivity contribution < 1.29 is 4.39 Å². The lowest BCUT2D eigenvalue weighted by molar-refractivity contribution is 0.630. The van der Waals surface area contributed by atoms with Crippen molar-refractivity contribution in [1.82, 2.24) is 14.8 Å². The van der Waals surface area contributed by atoms with Gasteiger partial charge < -0.3 is 0 Å². The Labute approximate surface area is 124 Å². The summed E-state index contributed by atoms with van der Waals surface area (Å²) >= 11 is 1.51. The average molecular weight is 295 g/mol. The Morgan fingerprint density at radius 3 is 2.71 bits per heavy atom. The van der Waals surface area contributed by atoms with Gasteiger partial charge in [-0.1, -0.05) is 24.3 Å². The molecule has 0 N–H and O–H groups in total. The normalized spacial score (nSPS) is 11.1. The summed E-state index contributed by atoms with van der Waals surface area (Å²) in [7, 11) is 0. The fourth-order valence-electron chi connectivity index (χ4n) is 2.30. The first-order chi connectivity index (χ1) is 10.3. The molecule has 3 nitrogen and oxygen atoms in total. The molecule has 21 heavy (non-hydrogen) atoms. The molecular formula is C16H10FN3S. The van der Waals surface area contributed by atoms with Crippen molar-refractivity contribution >= 4 is 21.4 Å². The van der Waals surface area contributed by atoms with Crippen molar-refractivity contribution in [3.8, 4) is 16.4 Å². The fraction of sp³-hybridized carbons (Fsp3) is 0.